The summed E-state index contributed by atoms with van der Waals surface area (Å²) in [6, 6.07) is 4.45. The van der Waals surface area contributed by atoms with Crippen LogP contribution in [0.15, 0.2) is 23.1 Å². The summed E-state index contributed by atoms with van der Waals surface area (Å²) in [5.74, 6) is 1.71. The highest BCUT2D eigenvalue weighted by atomic mass is 35.5. The summed E-state index contributed by atoms with van der Waals surface area (Å²) < 4.78 is 29.4. The van der Waals surface area contributed by atoms with Crippen molar-refractivity contribution in [2.45, 2.75) is 36.3 Å². The first-order valence-electron chi connectivity index (χ1n) is 8.36. The number of sulfone groups is 1. The van der Waals surface area contributed by atoms with Gasteiger partial charge in [0.05, 0.1) is 21.6 Å². The minimum absolute atomic E-state index is 0.0476. The van der Waals surface area contributed by atoms with Crippen LogP contribution in [0.3, 0.4) is 0 Å². The molecule has 0 aliphatic carbocycles. The van der Waals surface area contributed by atoms with Crippen molar-refractivity contribution in [3.63, 3.8) is 0 Å². The second-order valence-corrected chi connectivity index (χ2v) is 10.1. The molecule has 5 nitrogen and oxygen atoms in total. The Kier molecular flexibility index (Phi) is 5.98. The zero-order valence-electron chi connectivity index (χ0n) is 14.1. The molecule has 138 valence electrons. The molecular weight excluding hydrogens is 382 g/mol. The normalized spacial score (nSPS) is 23.8. The summed E-state index contributed by atoms with van der Waals surface area (Å²) in [6.07, 6.45) is 4.07. The zero-order chi connectivity index (χ0) is 18.0. The number of hydrogen-bond acceptors (Lipinski definition) is 5. The fourth-order valence-corrected chi connectivity index (χ4v) is 5.30. The third-order valence-corrected chi connectivity index (χ3v) is 7.21. The van der Waals surface area contributed by atoms with Crippen molar-refractivity contribution < 1.29 is 17.9 Å². The molecule has 2 fully saturated rings. The Morgan fingerprint density at radius 1 is 1.40 bits per heavy atom. The number of amides is 1. The van der Waals surface area contributed by atoms with E-state index in [1.165, 1.54) is 18.2 Å². The third kappa shape index (κ3) is 4.51. The van der Waals surface area contributed by atoms with Crippen molar-refractivity contribution in [3.8, 4) is 0 Å². The van der Waals surface area contributed by atoms with E-state index in [0.717, 1.165) is 43.6 Å². The van der Waals surface area contributed by atoms with Gasteiger partial charge in [0.25, 0.3) is 5.91 Å². The highest BCUT2D eigenvalue weighted by Crippen LogP contribution is 2.28. The van der Waals surface area contributed by atoms with E-state index in [1.54, 1.807) is 0 Å². The smallest absolute Gasteiger partial charge is 0.255 e. The molecule has 2 saturated heterocycles. The molecule has 2 atom stereocenters. The predicted molar refractivity (Wildman–Crippen MR) is 100 cm³/mol. The number of carbonyl (C=O) groups is 1. The monoisotopic (exact) mass is 403 g/mol. The van der Waals surface area contributed by atoms with Crippen molar-refractivity contribution >= 4 is 39.1 Å². The summed E-state index contributed by atoms with van der Waals surface area (Å²) in [6.45, 7) is 1.26. The predicted octanol–water partition coefficient (Wildman–Crippen LogP) is 2.87. The van der Waals surface area contributed by atoms with Gasteiger partial charge in [0.15, 0.2) is 9.84 Å². The number of rotatable bonds is 5. The number of ether oxygens (including phenoxy) is 1. The van der Waals surface area contributed by atoms with E-state index in [-0.39, 0.29) is 33.5 Å². The molecule has 0 bridgehead atoms. The zero-order valence-corrected chi connectivity index (χ0v) is 16.5. The minimum atomic E-state index is -3.40. The van der Waals surface area contributed by atoms with E-state index >= 15 is 0 Å². The van der Waals surface area contributed by atoms with Gasteiger partial charge in [-0.2, -0.15) is 11.8 Å². The largest absolute Gasteiger partial charge is 0.376 e. The van der Waals surface area contributed by atoms with Gasteiger partial charge in [-0.15, -0.1) is 0 Å². The summed E-state index contributed by atoms with van der Waals surface area (Å²) in [5, 5.41) is 0.278. The maximum absolute atomic E-state index is 13.2. The molecule has 0 aromatic heterocycles. The van der Waals surface area contributed by atoms with Crippen LogP contribution in [0.25, 0.3) is 0 Å². The molecule has 1 aromatic carbocycles. The van der Waals surface area contributed by atoms with E-state index < -0.39 is 9.84 Å². The van der Waals surface area contributed by atoms with Crippen molar-refractivity contribution in [1.82, 2.24) is 4.90 Å². The second-order valence-electron chi connectivity index (χ2n) is 6.52. The minimum Gasteiger partial charge on any atom is -0.376 e. The summed E-state index contributed by atoms with van der Waals surface area (Å²) >= 11 is 8.06. The molecule has 2 heterocycles. The molecule has 2 unspecified atom stereocenters. The van der Waals surface area contributed by atoms with Crippen LogP contribution in [0.2, 0.25) is 5.02 Å². The number of halogens is 1. The van der Waals surface area contributed by atoms with Crippen LogP contribution in [0.1, 0.15) is 29.6 Å². The standard InChI is InChI=1S/C17H22ClNO4S2/c1-25(21,22)14-4-5-16(18)15(9-14)17(20)19(12-6-8-24-11-12)10-13-3-2-7-23-13/h4-5,9,12-13H,2-3,6-8,10-11H2,1H3. The van der Waals surface area contributed by atoms with Crippen LogP contribution in [0.5, 0.6) is 0 Å². The summed E-state index contributed by atoms with van der Waals surface area (Å²) in [4.78, 5) is 15.1. The van der Waals surface area contributed by atoms with Gasteiger partial charge in [0.1, 0.15) is 0 Å². The first-order valence-corrected chi connectivity index (χ1v) is 11.8. The average molecular weight is 404 g/mol. The number of hydrogen-bond donors (Lipinski definition) is 0. The molecular formula is C17H22ClNO4S2. The molecule has 25 heavy (non-hydrogen) atoms. The molecule has 1 amide bonds. The lowest BCUT2D eigenvalue weighted by Crippen LogP contribution is -2.44. The highest BCUT2D eigenvalue weighted by molar-refractivity contribution is 7.99. The van der Waals surface area contributed by atoms with Crippen LogP contribution in [0, 0.1) is 0 Å². The molecule has 2 aliphatic heterocycles. The lowest BCUT2D eigenvalue weighted by molar-refractivity contribution is 0.0441. The molecule has 0 saturated carbocycles. The van der Waals surface area contributed by atoms with Gasteiger partial charge in [0.2, 0.25) is 0 Å². The Labute approximate surface area is 158 Å². The Morgan fingerprint density at radius 3 is 2.80 bits per heavy atom. The Bertz CT molecular complexity index is 741. The molecule has 2 aliphatic rings. The van der Waals surface area contributed by atoms with Gasteiger partial charge in [-0.1, -0.05) is 11.6 Å². The SMILES string of the molecule is CS(=O)(=O)c1ccc(Cl)c(C(=O)N(CC2CCCO2)C2CCSC2)c1. The van der Waals surface area contributed by atoms with Crippen molar-refractivity contribution in [3.05, 3.63) is 28.8 Å². The highest BCUT2D eigenvalue weighted by Gasteiger charge is 2.32. The van der Waals surface area contributed by atoms with Crippen LogP contribution >= 0.6 is 23.4 Å². The van der Waals surface area contributed by atoms with E-state index in [9.17, 15) is 13.2 Å². The van der Waals surface area contributed by atoms with Gasteiger partial charge in [-0.3, -0.25) is 4.79 Å². The Hall–Kier alpha value is -0.760. The van der Waals surface area contributed by atoms with E-state index in [1.807, 2.05) is 16.7 Å². The van der Waals surface area contributed by atoms with Crippen LogP contribution in [-0.2, 0) is 14.6 Å². The van der Waals surface area contributed by atoms with E-state index in [4.69, 9.17) is 16.3 Å². The van der Waals surface area contributed by atoms with Crippen molar-refractivity contribution in [2.75, 3.05) is 30.9 Å². The van der Waals surface area contributed by atoms with Gasteiger partial charge in [-0.05, 0) is 43.2 Å². The van der Waals surface area contributed by atoms with Crippen molar-refractivity contribution in [1.29, 1.82) is 0 Å². The van der Waals surface area contributed by atoms with Gasteiger partial charge >= 0.3 is 0 Å². The number of nitrogens with zero attached hydrogens (tertiary/aromatic N) is 1. The molecule has 0 spiro atoms. The van der Waals surface area contributed by atoms with E-state index in [2.05, 4.69) is 0 Å². The maximum Gasteiger partial charge on any atom is 0.255 e. The third-order valence-electron chi connectivity index (χ3n) is 4.63. The molecule has 1 aromatic rings. The van der Waals surface area contributed by atoms with Gasteiger partial charge < -0.3 is 9.64 Å². The lowest BCUT2D eigenvalue weighted by atomic mass is 10.1. The number of carbonyl (C=O) groups excluding carboxylic acids is 1. The van der Waals surface area contributed by atoms with Gasteiger partial charge in [0, 0.05) is 31.2 Å². The average Bonchev–Trinajstić information content (AvgIpc) is 3.25. The number of thioether (sulfide) groups is 1. The topological polar surface area (TPSA) is 63.7 Å². The second kappa shape index (κ2) is 7.86. The molecule has 0 N–H and O–H groups in total. The van der Waals surface area contributed by atoms with Crippen LogP contribution in [0.4, 0.5) is 0 Å². The van der Waals surface area contributed by atoms with Crippen molar-refractivity contribution in [2.24, 2.45) is 0 Å². The fraction of sp³-hybridized carbons (Fsp3) is 0.588. The lowest BCUT2D eigenvalue weighted by Gasteiger charge is -2.31. The van der Waals surface area contributed by atoms with Gasteiger partial charge in [-0.25, -0.2) is 8.42 Å². The summed E-state index contributed by atoms with van der Waals surface area (Å²) in [5.41, 5.74) is 0.250. The van der Waals surface area contributed by atoms with Crippen LogP contribution in [-0.4, -0.2) is 62.3 Å². The molecule has 8 heteroatoms. The first-order chi connectivity index (χ1) is 11.9. The molecule has 0 radical (unpaired) electrons. The summed E-state index contributed by atoms with van der Waals surface area (Å²) in [7, 11) is -3.40. The fourth-order valence-electron chi connectivity index (χ4n) is 3.23. The quantitative estimate of drug-likeness (QED) is 0.756. The van der Waals surface area contributed by atoms with E-state index in [0.29, 0.717) is 6.54 Å². The Balaban J connectivity index is 1.90. The number of benzene rings is 1. The van der Waals surface area contributed by atoms with Crippen LogP contribution < -0.4 is 0 Å². The maximum atomic E-state index is 13.2. The molecule has 3 rings (SSSR count). The Morgan fingerprint density at radius 2 is 2.20 bits per heavy atom. The first kappa shape index (κ1) is 19.0.